The predicted octanol–water partition coefficient (Wildman–Crippen LogP) is 3.34. The number of Topliss-reactive ketones (excluding diaryl/α,β-unsaturated/α-hetero) is 1. The van der Waals surface area contributed by atoms with Crippen molar-refractivity contribution in [3.63, 3.8) is 0 Å². The van der Waals surface area contributed by atoms with Gasteiger partial charge in [-0.3, -0.25) is 19.2 Å². The molecule has 0 aromatic rings. The number of allylic oxidation sites excluding steroid dienone is 4. The second kappa shape index (κ2) is 8.43. The van der Waals surface area contributed by atoms with Crippen LogP contribution < -0.4 is 0 Å². The Labute approximate surface area is 200 Å². The molecule has 0 saturated heterocycles. The molecule has 0 radical (unpaired) electrons. The first-order valence-electron chi connectivity index (χ1n) is 12.4. The monoisotopic (exact) mass is 472 g/mol. The summed E-state index contributed by atoms with van der Waals surface area (Å²) in [4.78, 5) is 49.6. The van der Waals surface area contributed by atoms with E-state index in [1.54, 1.807) is 19.1 Å². The van der Waals surface area contributed by atoms with Crippen molar-refractivity contribution < 1.29 is 33.8 Å². The van der Waals surface area contributed by atoms with Crippen LogP contribution >= 0.6 is 0 Å². The van der Waals surface area contributed by atoms with Gasteiger partial charge in [-0.1, -0.05) is 39.3 Å². The van der Waals surface area contributed by atoms with E-state index in [9.17, 15) is 24.3 Å². The molecule has 7 heteroatoms. The molecule has 3 saturated carbocycles. The molecule has 1 N–H and O–H groups in total. The third-order valence-electron chi connectivity index (χ3n) is 9.37. The van der Waals surface area contributed by atoms with E-state index in [-0.39, 0.29) is 35.9 Å². The van der Waals surface area contributed by atoms with Gasteiger partial charge >= 0.3 is 11.9 Å². The number of ketones is 2. The molecule has 0 aliphatic heterocycles. The van der Waals surface area contributed by atoms with Gasteiger partial charge < -0.3 is 14.6 Å². The summed E-state index contributed by atoms with van der Waals surface area (Å²) in [6, 6.07) is 0. The number of carbonyl (C=O) groups excluding carboxylic acids is 4. The van der Waals surface area contributed by atoms with Gasteiger partial charge in [-0.25, -0.2) is 0 Å². The number of hydrogen-bond donors (Lipinski definition) is 1. The molecule has 186 valence electrons. The van der Waals surface area contributed by atoms with Crippen LogP contribution in [-0.4, -0.2) is 46.9 Å². The molecule has 0 heterocycles. The number of rotatable bonds is 5. The average Bonchev–Trinajstić information content (AvgIpc) is 3.05. The average molecular weight is 473 g/mol. The third-order valence-corrected chi connectivity index (χ3v) is 9.37. The Hall–Kier alpha value is -2.28. The quantitative estimate of drug-likeness (QED) is 0.612. The Balaban J connectivity index is 1.76. The molecule has 5 unspecified atom stereocenters. The lowest BCUT2D eigenvalue weighted by atomic mass is 9.44. The zero-order valence-electron chi connectivity index (χ0n) is 20.8. The van der Waals surface area contributed by atoms with Crippen molar-refractivity contribution in [2.45, 2.75) is 78.4 Å². The predicted molar refractivity (Wildman–Crippen MR) is 123 cm³/mol. The lowest BCUT2D eigenvalue weighted by Crippen LogP contribution is -2.63. The summed E-state index contributed by atoms with van der Waals surface area (Å²) in [5.41, 5.74) is -1.60. The number of ether oxygens (including phenoxy) is 2. The molecule has 7 nitrogen and oxygen atoms in total. The summed E-state index contributed by atoms with van der Waals surface area (Å²) in [6.45, 7) is 8.65. The molecule has 0 aromatic heterocycles. The van der Waals surface area contributed by atoms with E-state index in [0.717, 1.165) is 12.0 Å². The summed E-state index contributed by atoms with van der Waals surface area (Å²) in [6.07, 6.45) is 6.77. The van der Waals surface area contributed by atoms with E-state index in [1.165, 1.54) is 6.92 Å². The standard InChI is InChI=1S/C27H36O7/c1-6-23(32)34-27(22(31)14-33-16(3)28)10-8-19-18-11-15(2)20-12-17(29)7-9-25(20,4)24(18)21(30)13-26(19,27)5/h7,9,12,15,18-19,21,24,30H,6,8,10-11,13-14H2,1-5H3/t15?,18?,19?,21?,24?,25-,26-,27-/m0/s1. The molecule has 0 spiro atoms. The highest BCUT2D eigenvalue weighted by Crippen LogP contribution is 2.68. The third kappa shape index (κ3) is 3.50. The van der Waals surface area contributed by atoms with Crippen LogP contribution in [-0.2, 0) is 28.7 Å². The number of aliphatic hydroxyl groups is 1. The molecule has 0 bridgehead atoms. The van der Waals surface area contributed by atoms with Gasteiger partial charge in [-0.05, 0) is 55.6 Å². The van der Waals surface area contributed by atoms with Crippen LogP contribution in [0.25, 0.3) is 0 Å². The summed E-state index contributed by atoms with van der Waals surface area (Å²) in [5, 5.41) is 11.6. The first kappa shape index (κ1) is 24.8. The largest absolute Gasteiger partial charge is 0.458 e. The number of hydrogen-bond acceptors (Lipinski definition) is 7. The zero-order valence-corrected chi connectivity index (χ0v) is 20.8. The van der Waals surface area contributed by atoms with Gasteiger partial charge in [-0.2, -0.15) is 0 Å². The van der Waals surface area contributed by atoms with E-state index < -0.39 is 46.9 Å². The van der Waals surface area contributed by atoms with Gasteiger partial charge in [0.15, 0.2) is 18.0 Å². The number of fused-ring (bicyclic) bond motifs is 5. The van der Waals surface area contributed by atoms with Crippen molar-refractivity contribution >= 4 is 23.5 Å². The maximum atomic E-state index is 13.5. The summed E-state index contributed by atoms with van der Waals surface area (Å²) in [7, 11) is 0. The van der Waals surface area contributed by atoms with Gasteiger partial charge in [-0.15, -0.1) is 0 Å². The number of aliphatic hydroxyl groups excluding tert-OH is 1. The van der Waals surface area contributed by atoms with Crippen LogP contribution in [0.3, 0.4) is 0 Å². The normalized spacial score (nSPS) is 42.7. The molecule has 34 heavy (non-hydrogen) atoms. The van der Waals surface area contributed by atoms with E-state index >= 15 is 0 Å². The van der Waals surface area contributed by atoms with Crippen LogP contribution in [0, 0.1) is 34.5 Å². The Kier molecular flexibility index (Phi) is 6.16. The topological polar surface area (TPSA) is 107 Å². The lowest BCUT2D eigenvalue weighted by molar-refractivity contribution is -0.201. The van der Waals surface area contributed by atoms with Crippen molar-refractivity contribution in [1.29, 1.82) is 0 Å². The molecule has 4 aliphatic rings. The van der Waals surface area contributed by atoms with Crippen molar-refractivity contribution in [1.82, 2.24) is 0 Å². The van der Waals surface area contributed by atoms with Gasteiger partial charge in [0.2, 0.25) is 5.78 Å². The second-order valence-electron chi connectivity index (χ2n) is 11.1. The summed E-state index contributed by atoms with van der Waals surface area (Å²) in [5.74, 6) is -1.29. The van der Waals surface area contributed by atoms with Gasteiger partial charge in [0.1, 0.15) is 0 Å². The van der Waals surface area contributed by atoms with Crippen LogP contribution in [0.5, 0.6) is 0 Å². The molecular weight excluding hydrogens is 436 g/mol. The van der Waals surface area contributed by atoms with E-state index in [4.69, 9.17) is 9.47 Å². The van der Waals surface area contributed by atoms with Crippen LogP contribution in [0.15, 0.2) is 23.8 Å². The highest BCUT2D eigenvalue weighted by atomic mass is 16.6. The molecule has 3 fully saturated rings. The maximum absolute atomic E-state index is 13.5. The molecular formula is C27H36O7. The fraction of sp³-hybridized carbons (Fsp3) is 0.704. The lowest BCUT2D eigenvalue weighted by Gasteiger charge is -2.61. The van der Waals surface area contributed by atoms with Gasteiger partial charge in [0, 0.05) is 30.1 Å². The fourth-order valence-corrected chi connectivity index (χ4v) is 7.97. The Bertz CT molecular complexity index is 979. The molecule has 4 aliphatic carbocycles. The molecule has 0 amide bonds. The fourth-order valence-electron chi connectivity index (χ4n) is 7.97. The second-order valence-corrected chi connectivity index (χ2v) is 11.1. The Morgan fingerprint density at radius 1 is 1.24 bits per heavy atom. The minimum Gasteiger partial charge on any atom is -0.458 e. The zero-order chi connectivity index (χ0) is 25.1. The Morgan fingerprint density at radius 3 is 2.59 bits per heavy atom. The van der Waals surface area contributed by atoms with Crippen molar-refractivity contribution in [2.75, 3.05) is 6.61 Å². The first-order chi connectivity index (χ1) is 15.9. The maximum Gasteiger partial charge on any atom is 0.306 e. The number of esters is 2. The van der Waals surface area contributed by atoms with Gasteiger partial charge in [0.25, 0.3) is 0 Å². The first-order valence-corrected chi connectivity index (χ1v) is 12.4. The highest BCUT2D eigenvalue weighted by Gasteiger charge is 2.70. The minimum absolute atomic E-state index is 0.0182. The van der Waals surface area contributed by atoms with Crippen molar-refractivity contribution in [2.24, 2.45) is 34.5 Å². The molecule has 0 aromatic carbocycles. The van der Waals surface area contributed by atoms with Crippen molar-refractivity contribution in [3.05, 3.63) is 23.8 Å². The summed E-state index contributed by atoms with van der Waals surface area (Å²) >= 11 is 0. The SMILES string of the molecule is CCC(=O)O[C@]1(C(=O)COC(C)=O)CCC2C3CC(C)C4=CC(=O)C=C[C@]4(C)C3C(O)C[C@@]21C. The molecule has 8 atom stereocenters. The smallest absolute Gasteiger partial charge is 0.306 e. The van der Waals surface area contributed by atoms with Crippen LogP contribution in [0.1, 0.15) is 66.7 Å². The molecule has 4 rings (SSSR count). The minimum atomic E-state index is -1.44. The highest BCUT2D eigenvalue weighted by molar-refractivity contribution is 6.01. The van der Waals surface area contributed by atoms with Gasteiger partial charge in [0.05, 0.1) is 6.10 Å². The van der Waals surface area contributed by atoms with E-state index in [2.05, 4.69) is 13.8 Å². The number of carbonyl (C=O) groups is 4. The van der Waals surface area contributed by atoms with Crippen molar-refractivity contribution in [3.8, 4) is 0 Å². The van der Waals surface area contributed by atoms with E-state index in [1.807, 2.05) is 13.0 Å². The Morgan fingerprint density at radius 2 is 1.94 bits per heavy atom. The van der Waals surface area contributed by atoms with E-state index in [0.29, 0.717) is 19.3 Å². The van der Waals surface area contributed by atoms with Crippen LogP contribution in [0.4, 0.5) is 0 Å². The van der Waals surface area contributed by atoms with Crippen LogP contribution in [0.2, 0.25) is 0 Å². The summed E-state index contributed by atoms with van der Waals surface area (Å²) < 4.78 is 11.0.